The largest absolute Gasteiger partial charge is 0.350 e. The number of aromatic nitrogens is 2. The maximum atomic E-state index is 12.9. The van der Waals surface area contributed by atoms with Crippen molar-refractivity contribution < 1.29 is 9.59 Å². The van der Waals surface area contributed by atoms with Crippen LogP contribution in [0.2, 0.25) is 0 Å². The summed E-state index contributed by atoms with van der Waals surface area (Å²) in [4.78, 5) is 38.1. The summed E-state index contributed by atoms with van der Waals surface area (Å²) in [5.74, 6) is 2.49. The number of benzene rings is 1. The van der Waals surface area contributed by atoms with Crippen LogP contribution < -0.4 is 16.2 Å². The number of anilines is 1. The third-order valence-electron chi connectivity index (χ3n) is 7.73. The summed E-state index contributed by atoms with van der Waals surface area (Å²) >= 11 is 1.30. The topological polar surface area (TPSA) is 85.1 Å². The SMILES string of the molecule is Cc1c(NC(=O)CSCC(=O)NC23CC4CC(CC(C4)C2)C3)c(=O)n(-c2ccccc2)n1C. The van der Waals surface area contributed by atoms with Crippen molar-refractivity contribution in [1.82, 2.24) is 14.7 Å². The Morgan fingerprint density at radius 2 is 1.58 bits per heavy atom. The van der Waals surface area contributed by atoms with Crippen LogP contribution >= 0.6 is 11.8 Å². The van der Waals surface area contributed by atoms with Gasteiger partial charge in [0.1, 0.15) is 5.69 Å². The number of nitrogens with one attached hydrogen (secondary N) is 2. The van der Waals surface area contributed by atoms with E-state index in [1.54, 1.807) is 11.7 Å². The van der Waals surface area contributed by atoms with Gasteiger partial charge in [0.05, 0.1) is 22.9 Å². The molecular weight excluding hydrogens is 436 g/mol. The molecule has 0 spiro atoms. The Balaban J connectivity index is 1.15. The number of nitrogens with zero attached hydrogens (tertiary/aromatic N) is 2. The Hall–Kier alpha value is -2.48. The lowest BCUT2D eigenvalue weighted by atomic mass is 9.53. The zero-order valence-corrected chi connectivity index (χ0v) is 20.1. The van der Waals surface area contributed by atoms with Gasteiger partial charge in [-0.25, -0.2) is 4.68 Å². The van der Waals surface area contributed by atoms with Gasteiger partial charge >= 0.3 is 0 Å². The number of carbonyl (C=O) groups is 2. The van der Waals surface area contributed by atoms with Crippen LogP contribution in [0.5, 0.6) is 0 Å². The van der Waals surface area contributed by atoms with E-state index in [0.29, 0.717) is 5.69 Å². The average Bonchev–Trinajstić information content (AvgIpc) is 2.96. The molecule has 8 heteroatoms. The van der Waals surface area contributed by atoms with Gasteiger partial charge in [0, 0.05) is 12.6 Å². The minimum Gasteiger partial charge on any atom is -0.350 e. The van der Waals surface area contributed by atoms with E-state index in [1.807, 2.05) is 37.3 Å². The minimum absolute atomic E-state index is 0.00166. The fraction of sp³-hybridized carbons (Fsp3) is 0.560. The molecule has 0 aliphatic heterocycles. The molecule has 7 nitrogen and oxygen atoms in total. The molecule has 2 aromatic rings. The highest BCUT2D eigenvalue weighted by molar-refractivity contribution is 8.00. The summed E-state index contributed by atoms with van der Waals surface area (Å²) in [6, 6.07) is 9.33. The maximum absolute atomic E-state index is 12.9. The summed E-state index contributed by atoms with van der Waals surface area (Å²) in [7, 11) is 1.79. The highest BCUT2D eigenvalue weighted by Crippen LogP contribution is 2.55. The summed E-state index contributed by atoms with van der Waals surface area (Å²) in [5.41, 5.74) is 1.44. The van der Waals surface area contributed by atoms with Crippen molar-refractivity contribution in [2.75, 3.05) is 16.8 Å². The normalized spacial score (nSPS) is 27.5. The molecule has 4 saturated carbocycles. The molecule has 176 valence electrons. The van der Waals surface area contributed by atoms with E-state index >= 15 is 0 Å². The molecule has 6 rings (SSSR count). The Kier molecular flexibility index (Phi) is 5.89. The lowest BCUT2D eigenvalue weighted by molar-refractivity contribution is -0.124. The van der Waals surface area contributed by atoms with Gasteiger partial charge in [0.15, 0.2) is 0 Å². The molecule has 4 aliphatic carbocycles. The molecule has 4 fully saturated rings. The van der Waals surface area contributed by atoms with Gasteiger partial charge < -0.3 is 10.6 Å². The Bertz CT molecular complexity index is 1090. The highest BCUT2D eigenvalue weighted by atomic mass is 32.2. The van der Waals surface area contributed by atoms with Crippen LogP contribution in [0.15, 0.2) is 35.1 Å². The van der Waals surface area contributed by atoms with Crippen molar-refractivity contribution >= 4 is 29.3 Å². The first-order valence-electron chi connectivity index (χ1n) is 11.9. The molecule has 1 heterocycles. The number of hydrogen-bond acceptors (Lipinski definition) is 4. The van der Waals surface area contributed by atoms with Crippen molar-refractivity contribution in [2.24, 2.45) is 24.8 Å². The molecular formula is C25H32N4O3S. The monoisotopic (exact) mass is 468 g/mol. The average molecular weight is 469 g/mol. The Morgan fingerprint density at radius 3 is 2.18 bits per heavy atom. The molecule has 4 aliphatic rings. The van der Waals surface area contributed by atoms with Crippen molar-refractivity contribution in [3.05, 3.63) is 46.4 Å². The van der Waals surface area contributed by atoms with E-state index in [0.717, 1.165) is 42.7 Å². The maximum Gasteiger partial charge on any atom is 0.295 e. The van der Waals surface area contributed by atoms with Crippen LogP contribution in [0.25, 0.3) is 5.69 Å². The van der Waals surface area contributed by atoms with Crippen LogP contribution in [0.1, 0.15) is 44.2 Å². The highest BCUT2D eigenvalue weighted by Gasteiger charge is 2.51. The molecule has 0 radical (unpaired) electrons. The summed E-state index contributed by atoms with van der Waals surface area (Å²) in [6.07, 6.45) is 7.39. The Labute approximate surface area is 198 Å². The first-order chi connectivity index (χ1) is 15.8. The third kappa shape index (κ3) is 4.37. The number of para-hydroxylation sites is 1. The fourth-order valence-corrected chi connectivity index (χ4v) is 7.34. The van der Waals surface area contributed by atoms with Crippen LogP contribution in [-0.4, -0.2) is 38.2 Å². The molecule has 2 N–H and O–H groups in total. The van der Waals surface area contributed by atoms with E-state index in [4.69, 9.17) is 0 Å². The summed E-state index contributed by atoms with van der Waals surface area (Å²) < 4.78 is 3.27. The number of carbonyl (C=O) groups excluding carboxylic acids is 2. The third-order valence-corrected chi connectivity index (χ3v) is 8.66. The molecule has 4 bridgehead atoms. The smallest absolute Gasteiger partial charge is 0.295 e. The molecule has 0 atom stereocenters. The molecule has 33 heavy (non-hydrogen) atoms. The van der Waals surface area contributed by atoms with Gasteiger partial charge in [-0.1, -0.05) is 18.2 Å². The lowest BCUT2D eigenvalue weighted by Gasteiger charge is -2.56. The number of hydrogen-bond donors (Lipinski definition) is 2. The van der Waals surface area contributed by atoms with Crippen molar-refractivity contribution in [1.29, 1.82) is 0 Å². The summed E-state index contributed by atoms with van der Waals surface area (Å²) in [5, 5.41) is 6.11. The molecule has 0 saturated heterocycles. The minimum atomic E-state index is -0.270. The number of rotatable bonds is 7. The van der Waals surface area contributed by atoms with Gasteiger partial charge in [-0.2, -0.15) is 0 Å². The first-order valence-corrected chi connectivity index (χ1v) is 13.0. The Morgan fingerprint density at radius 1 is 1.00 bits per heavy atom. The molecule has 1 aromatic carbocycles. The number of thioether (sulfide) groups is 1. The lowest BCUT2D eigenvalue weighted by Crippen LogP contribution is -2.60. The number of amides is 2. The van der Waals surface area contributed by atoms with Crippen molar-refractivity contribution in [2.45, 2.75) is 51.0 Å². The second kappa shape index (κ2) is 8.70. The first kappa shape index (κ1) is 22.3. The van der Waals surface area contributed by atoms with Gasteiger partial charge in [-0.15, -0.1) is 11.8 Å². The van der Waals surface area contributed by atoms with Gasteiger partial charge in [0.2, 0.25) is 11.8 Å². The van der Waals surface area contributed by atoms with E-state index in [1.165, 1.54) is 35.7 Å². The molecule has 0 unspecified atom stereocenters. The van der Waals surface area contributed by atoms with Gasteiger partial charge in [0.25, 0.3) is 5.56 Å². The van der Waals surface area contributed by atoms with Gasteiger partial charge in [-0.3, -0.25) is 19.1 Å². The quantitative estimate of drug-likeness (QED) is 0.653. The fourth-order valence-electron chi connectivity index (χ4n) is 6.72. The van der Waals surface area contributed by atoms with E-state index in [9.17, 15) is 14.4 Å². The van der Waals surface area contributed by atoms with Crippen molar-refractivity contribution in [3.63, 3.8) is 0 Å². The predicted octanol–water partition coefficient (Wildman–Crippen LogP) is 3.24. The predicted molar refractivity (Wildman–Crippen MR) is 131 cm³/mol. The van der Waals surface area contributed by atoms with Crippen molar-refractivity contribution in [3.8, 4) is 5.69 Å². The van der Waals surface area contributed by atoms with Gasteiger partial charge in [-0.05, 0) is 75.3 Å². The standard InChI is InChI=1S/C25H32N4O3S/c1-16-23(24(32)29(28(16)2)20-6-4-3-5-7-20)26-21(30)14-33-15-22(31)27-25-11-17-8-18(12-25)10-19(9-17)13-25/h3-7,17-19H,8-15H2,1-2H3,(H,26,30)(H,27,31). The second-order valence-corrected chi connectivity index (χ2v) is 11.2. The van der Waals surface area contributed by atoms with E-state index in [-0.39, 0.29) is 40.1 Å². The van der Waals surface area contributed by atoms with Crippen LogP contribution in [0.3, 0.4) is 0 Å². The van der Waals surface area contributed by atoms with Crippen LogP contribution in [0, 0.1) is 24.7 Å². The second-order valence-electron chi connectivity index (χ2n) is 10.2. The van der Waals surface area contributed by atoms with E-state index in [2.05, 4.69) is 10.6 Å². The molecule has 1 aromatic heterocycles. The summed E-state index contributed by atoms with van der Waals surface area (Å²) in [6.45, 7) is 1.81. The van der Waals surface area contributed by atoms with Crippen LogP contribution in [-0.2, 0) is 16.6 Å². The molecule has 2 amide bonds. The van der Waals surface area contributed by atoms with Crippen LogP contribution in [0.4, 0.5) is 5.69 Å². The van der Waals surface area contributed by atoms with E-state index < -0.39 is 0 Å². The zero-order valence-electron chi connectivity index (χ0n) is 19.3. The zero-order chi connectivity index (χ0) is 23.2.